The number of nitrogens with two attached hydrogens (primary N) is 1. The Kier molecular flexibility index (Phi) is 3.50. The quantitative estimate of drug-likeness (QED) is 0.564. The lowest BCUT2D eigenvalue weighted by atomic mass is 10.0. The molecule has 6 nitrogen and oxygen atoms in total. The first-order valence-electron chi connectivity index (χ1n) is 7.78. The number of aromatic nitrogens is 3. The van der Waals surface area contributed by atoms with Crippen molar-refractivity contribution in [3.63, 3.8) is 0 Å². The standard InChI is InChI=1S/C19H16N4O2/c1-23-11-16(14-6-8-22-18(14)19(23)24)15-9-12(20)4-5-17(15)25-13-3-2-7-21-10-13/h2-11,22H,20H2,1H3. The molecule has 0 saturated heterocycles. The lowest BCUT2D eigenvalue weighted by molar-refractivity contribution is 0.482. The van der Waals surface area contributed by atoms with Crippen LogP contribution in [-0.2, 0) is 7.05 Å². The van der Waals surface area contributed by atoms with Crippen LogP contribution in [-0.4, -0.2) is 14.5 Å². The van der Waals surface area contributed by atoms with Gasteiger partial charge < -0.3 is 20.0 Å². The number of pyridine rings is 2. The van der Waals surface area contributed by atoms with Crippen molar-refractivity contribution in [2.24, 2.45) is 7.05 Å². The summed E-state index contributed by atoms with van der Waals surface area (Å²) in [5.74, 6) is 1.27. The van der Waals surface area contributed by atoms with Crippen LogP contribution in [0.5, 0.6) is 11.5 Å². The fourth-order valence-corrected chi connectivity index (χ4v) is 2.87. The number of rotatable bonds is 3. The lowest BCUT2D eigenvalue weighted by Crippen LogP contribution is -2.16. The molecule has 0 fully saturated rings. The molecule has 0 radical (unpaired) electrons. The summed E-state index contributed by atoms with van der Waals surface area (Å²) >= 11 is 0. The van der Waals surface area contributed by atoms with Gasteiger partial charge in [-0.2, -0.15) is 0 Å². The second-order valence-corrected chi connectivity index (χ2v) is 5.77. The number of H-pyrrole nitrogens is 1. The van der Waals surface area contributed by atoms with Crippen molar-refractivity contribution < 1.29 is 4.74 Å². The minimum atomic E-state index is -0.0811. The largest absolute Gasteiger partial charge is 0.455 e. The molecule has 0 amide bonds. The summed E-state index contributed by atoms with van der Waals surface area (Å²) in [6.07, 6.45) is 6.88. The van der Waals surface area contributed by atoms with Gasteiger partial charge in [0.2, 0.25) is 0 Å². The van der Waals surface area contributed by atoms with Crippen molar-refractivity contribution in [1.29, 1.82) is 0 Å². The van der Waals surface area contributed by atoms with Crippen molar-refractivity contribution in [2.75, 3.05) is 5.73 Å². The highest BCUT2D eigenvalue weighted by molar-refractivity contribution is 5.96. The van der Waals surface area contributed by atoms with E-state index in [4.69, 9.17) is 10.5 Å². The van der Waals surface area contributed by atoms with Gasteiger partial charge in [-0.1, -0.05) is 0 Å². The van der Waals surface area contributed by atoms with Crippen LogP contribution in [0.25, 0.3) is 22.0 Å². The molecule has 0 atom stereocenters. The molecule has 3 heterocycles. The number of hydrogen-bond acceptors (Lipinski definition) is 4. The predicted molar refractivity (Wildman–Crippen MR) is 97.7 cm³/mol. The molecule has 3 aromatic heterocycles. The van der Waals surface area contributed by atoms with Gasteiger partial charge in [0.05, 0.1) is 6.20 Å². The van der Waals surface area contributed by atoms with Gasteiger partial charge in [0, 0.05) is 47.8 Å². The van der Waals surface area contributed by atoms with Gasteiger partial charge in [-0.05, 0) is 36.4 Å². The lowest BCUT2D eigenvalue weighted by Gasteiger charge is -2.14. The van der Waals surface area contributed by atoms with Gasteiger partial charge in [-0.3, -0.25) is 9.78 Å². The van der Waals surface area contributed by atoms with Crippen LogP contribution in [0.15, 0.2) is 66.0 Å². The molecule has 0 saturated carbocycles. The number of ether oxygens (including phenoxy) is 1. The monoisotopic (exact) mass is 332 g/mol. The summed E-state index contributed by atoms with van der Waals surface area (Å²) < 4.78 is 7.55. The molecule has 1 aromatic carbocycles. The Hall–Kier alpha value is -3.54. The average Bonchev–Trinajstić information content (AvgIpc) is 3.11. The van der Waals surface area contributed by atoms with Crippen molar-refractivity contribution >= 4 is 16.6 Å². The molecular formula is C19H16N4O2. The zero-order valence-electron chi connectivity index (χ0n) is 13.6. The smallest absolute Gasteiger partial charge is 0.274 e. The number of aromatic amines is 1. The Morgan fingerprint density at radius 1 is 1.20 bits per heavy atom. The third kappa shape index (κ3) is 2.63. The Bertz CT molecular complexity index is 1110. The number of hydrogen-bond donors (Lipinski definition) is 2. The van der Waals surface area contributed by atoms with E-state index in [0.29, 0.717) is 22.7 Å². The van der Waals surface area contributed by atoms with Crippen molar-refractivity contribution in [3.05, 3.63) is 71.5 Å². The number of nitrogen functional groups attached to an aromatic ring is 1. The normalized spacial score (nSPS) is 10.9. The second-order valence-electron chi connectivity index (χ2n) is 5.77. The van der Waals surface area contributed by atoms with Gasteiger partial charge in [-0.25, -0.2) is 0 Å². The zero-order chi connectivity index (χ0) is 17.4. The molecule has 25 heavy (non-hydrogen) atoms. The minimum absolute atomic E-state index is 0.0811. The van der Waals surface area contributed by atoms with Gasteiger partial charge in [-0.15, -0.1) is 0 Å². The summed E-state index contributed by atoms with van der Waals surface area (Å²) in [6, 6.07) is 11.0. The van der Waals surface area contributed by atoms with E-state index in [0.717, 1.165) is 16.5 Å². The molecule has 0 aliphatic rings. The first-order chi connectivity index (χ1) is 12.1. The van der Waals surface area contributed by atoms with Gasteiger partial charge in [0.1, 0.15) is 17.0 Å². The Morgan fingerprint density at radius 3 is 2.88 bits per heavy atom. The van der Waals surface area contributed by atoms with Gasteiger partial charge in [0.25, 0.3) is 5.56 Å². The van der Waals surface area contributed by atoms with Crippen LogP contribution in [0.4, 0.5) is 5.69 Å². The molecule has 0 bridgehead atoms. The highest BCUT2D eigenvalue weighted by Gasteiger charge is 2.15. The highest BCUT2D eigenvalue weighted by Crippen LogP contribution is 2.37. The molecule has 124 valence electrons. The third-order valence-electron chi connectivity index (χ3n) is 4.05. The number of nitrogens with zero attached hydrogens (tertiary/aromatic N) is 2. The fraction of sp³-hybridized carbons (Fsp3) is 0.0526. The van der Waals surface area contributed by atoms with Crippen molar-refractivity contribution in [3.8, 4) is 22.6 Å². The molecule has 3 N–H and O–H groups in total. The second kappa shape index (κ2) is 5.83. The van der Waals surface area contributed by atoms with Crippen LogP contribution < -0.4 is 16.0 Å². The fourth-order valence-electron chi connectivity index (χ4n) is 2.87. The Balaban J connectivity index is 1.94. The summed E-state index contributed by atoms with van der Waals surface area (Å²) in [6.45, 7) is 0. The third-order valence-corrected chi connectivity index (χ3v) is 4.05. The average molecular weight is 332 g/mol. The molecule has 0 spiro atoms. The molecule has 4 rings (SSSR count). The maximum atomic E-state index is 12.3. The van der Waals surface area contributed by atoms with Crippen LogP contribution >= 0.6 is 0 Å². The molecule has 0 aliphatic carbocycles. The van der Waals surface area contributed by atoms with Crippen LogP contribution in [0, 0.1) is 0 Å². The van der Waals surface area contributed by atoms with Crippen LogP contribution in [0.3, 0.4) is 0 Å². The topological polar surface area (TPSA) is 85.9 Å². The van der Waals surface area contributed by atoms with E-state index in [1.165, 1.54) is 0 Å². The van der Waals surface area contributed by atoms with E-state index in [1.54, 1.807) is 42.5 Å². The van der Waals surface area contributed by atoms with Crippen molar-refractivity contribution in [2.45, 2.75) is 0 Å². The zero-order valence-corrected chi connectivity index (χ0v) is 13.6. The SMILES string of the molecule is Cn1cc(-c2cc(N)ccc2Oc2cccnc2)c2cc[nH]c2c1=O. The summed E-state index contributed by atoms with van der Waals surface area (Å²) in [5.41, 5.74) is 8.76. The Labute approximate surface area is 143 Å². The molecule has 0 unspecified atom stereocenters. The highest BCUT2D eigenvalue weighted by atomic mass is 16.5. The molecule has 4 aromatic rings. The molecule has 6 heteroatoms. The van der Waals surface area contributed by atoms with E-state index >= 15 is 0 Å². The van der Waals surface area contributed by atoms with E-state index in [-0.39, 0.29) is 5.56 Å². The first-order valence-corrected chi connectivity index (χ1v) is 7.78. The summed E-state index contributed by atoms with van der Waals surface area (Å²) in [4.78, 5) is 19.4. The van der Waals surface area contributed by atoms with E-state index in [2.05, 4.69) is 9.97 Å². The van der Waals surface area contributed by atoms with Crippen LogP contribution in [0.2, 0.25) is 0 Å². The number of aryl methyl sites for hydroxylation is 1. The van der Waals surface area contributed by atoms with Gasteiger partial charge >= 0.3 is 0 Å². The number of fused-ring (bicyclic) bond motifs is 1. The van der Waals surface area contributed by atoms with E-state index in [1.807, 2.05) is 30.3 Å². The predicted octanol–water partition coefficient (Wildman–Crippen LogP) is 3.30. The number of anilines is 1. The minimum Gasteiger partial charge on any atom is -0.455 e. The molecular weight excluding hydrogens is 316 g/mol. The molecule has 0 aliphatic heterocycles. The first kappa shape index (κ1) is 15.0. The maximum Gasteiger partial charge on any atom is 0.274 e. The van der Waals surface area contributed by atoms with Gasteiger partial charge in [0.15, 0.2) is 0 Å². The van der Waals surface area contributed by atoms with Crippen molar-refractivity contribution in [1.82, 2.24) is 14.5 Å². The summed E-state index contributed by atoms with van der Waals surface area (Å²) in [5, 5.41) is 0.824. The number of nitrogens with one attached hydrogen (secondary N) is 1. The Morgan fingerprint density at radius 2 is 2.08 bits per heavy atom. The summed E-state index contributed by atoms with van der Waals surface area (Å²) in [7, 11) is 1.72. The van der Waals surface area contributed by atoms with E-state index in [9.17, 15) is 4.79 Å². The maximum absolute atomic E-state index is 12.3. The van der Waals surface area contributed by atoms with E-state index < -0.39 is 0 Å². The van der Waals surface area contributed by atoms with Crippen LogP contribution in [0.1, 0.15) is 0 Å². The number of benzene rings is 1.